The maximum absolute atomic E-state index is 11.8. The normalized spacial score (nSPS) is 11.1. The summed E-state index contributed by atoms with van der Waals surface area (Å²) in [6.07, 6.45) is 1.43. The summed E-state index contributed by atoms with van der Waals surface area (Å²) < 4.78 is 5.67. The van der Waals surface area contributed by atoms with Gasteiger partial charge in [-0.2, -0.15) is 5.10 Å². The molecule has 1 heterocycles. The fourth-order valence-electron chi connectivity index (χ4n) is 2.14. The van der Waals surface area contributed by atoms with Gasteiger partial charge in [-0.1, -0.05) is 34.8 Å². The van der Waals surface area contributed by atoms with E-state index in [0.29, 0.717) is 26.6 Å². The van der Waals surface area contributed by atoms with E-state index in [1.54, 1.807) is 42.5 Å². The van der Waals surface area contributed by atoms with Crippen LogP contribution in [0.1, 0.15) is 5.76 Å². The number of carbonyl (C=O) groups is 1. The molecule has 2 aromatic carbocycles. The third kappa shape index (κ3) is 5.78. The summed E-state index contributed by atoms with van der Waals surface area (Å²) >= 11 is 19.3. The Hall–Kier alpha value is -1.92. The van der Waals surface area contributed by atoms with Crippen molar-refractivity contribution >= 4 is 58.7 Å². The summed E-state index contributed by atoms with van der Waals surface area (Å²) in [7, 11) is 0. The highest BCUT2D eigenvalue weighted by Gasteiger charge is 2.08. The van der Waals surface area contributed by atoms with E-state index in [2.05, 4.69) is 10.5 Å². The van der Waals surface area contributed by atoms with Crippen LogP contribution in [0.4, 0.5) is 0 Å². The minimum Gasteiger partial charge on any atom is -0.455 e. The van der Waals surface area contributed by atoms with Gasteiger partial charge in [-0.3, -0.25) is 4.79 Å². The van der Waals surface area contributed by atoms with Crippen LogP contribution in [0.25, 0.3) is 11.3 Å². The predicted molar refractivity (Wildman–Crippen MR) is 112 cm³/mol. The van der Waals surface area contributed by atoms with Gasteiger partial charge in [-0.15, -0.1) is 11.8 Å². The lowest BCUT2D eigenvalue weighted by Crippen LogP contribution is -2.19. The molecule has 0 aliphatic heterocycles. The smallest absolute Gasteiger partial charge is 0.250 e. The van der Waals surface area contributed by atoms with Crippen LogP contribution >= 0.6 is 46.6 Å². The Kier molecular flexibility index (Phi) is 6.85. The molecule has 0 bridgehead atoms. The van der Waals surface area contributed by atoms with Crippen molar-refractivity contribution in [1.29, 1.82) is 0 Å². The van der Waals surface area contributed by atoms with Gasteiger partial charge >= 0.3 is 0 Å². The summed E-state index contributed by atoms with van der Waals surface area (Å²) in [5.41, 5.74) is 3.19. The quantitative estimate of drug-likeness (QED) is 0.285. The number of thioether (sulfide) groups is 1. The molecule has 1 amide bonds. The highest BCUT2D eigenvalue weighted by Crippen LogP contribution is 2.31. The van der Waals surface area contributed by atoms with Gasteiger partial charge in [0.05, 0.1) is 17.0 Å². The number of hydrogen-bond donors (Lipinski definition) is 1. The fourth-order valence-corrected chi connectivity index (χ4v) is 3.45. The van der Waals surface area contributed by atoms with Crippen molar-refractivity contribution in [2.24, 2.45) is 5.10 Å². The molecule has 0 atom stereocenters. The Bertz CT molecular complexity index is 971. The van der Waals surface area contributed by atoms with Gasteiger partial charge in [0.1, 0.15) is 11.5 Å². The van der Waals surface area contributed by atoms with Crippen molar-refractivity contribution < 1.29 is 9.21 Å². The lowest BCUT2D eigenvalue weighted by molar-refractivity contribution is -0.118. The van der Waals surface area contributed by atoms with Gasteiger partial charge in [-0.05, 0) is 54.6 Å². The number of furan rings is 1. The predicted octanol–water partition coefficient (Wildman–Crippen LogP) is 6.15. The van der Waals surface area contributed by atoms with Crippen LogP contribution < -0.4 is 5.43 Å². The van der Waals surface area contributed by atoms with Crippen molar-refractivity contribution in [3.05, 3.63) is 75.4 Å². The standard InChI is InChI=1S/C19H13Cl3N2O2S/c20-12-1-5-15(6-2-12)27-11-19(25)24-23-10-14-4-8-18(26-14)16-7-3-13(21)9-17(16)22/h1-10H,11H2,(H,24,25)/b23-10-. The third-order valence-corrected chi connectivity index (χ3v) is 5.20. The topological polar surface area (TPSA) is 54.6 Å². The van der Waals surface area contributed by atoms with Crippen LogP contribution in [0.15, 0.2) is 69.0 Å². The van der Waals surface area contributed by atoms with E-state index < -0.39 is 0 Å². The molecule has 8 heteroatoms. The Morgan fingerprint density at radius 3 is 2.52 bits per heavy atom. The third-order valence-electron chi connectivity index (χ3n) is 3.39. The van der Waals surface area contributed by atoms with Crippen LogP contribution in [-0.4, -0.2) is 17.9 Å². The molecule has 0 aliphatic rings. The first-order chi connectivity index (χ1) is 13.0. The monoisotopic (exact) mass is 438 g/mol. The van der Waals surface area contributed by atoms with Crippen LogP contribution in [0.5, 0.6) is 0 Å². The summed E-state index contributed by atoms with van der Waals surface area (Å²) in [6.45, 7) is 0. The summed E-state index contributed by atoms with van der Waals surface area (Å²) in [5.74, 6) is 1.09. The van der Waals surface area contributed by atoms with Crippen molar-refractivity contribution in [1.82, 2.24) is 5.43 Å². The molecule has 3 rings (SSSR count). The number of amides is 1. The maximum Gasteiger partial charge on any atom is 0.250 e. The number of rotatable bonds is 6. The zero-order valence-electron chi connectivity index (χ0n) is 13.8. The van der Waals surface area contributed by atoms with E-state index in [-0.39, 0.29) is 11.7 Å². The molecule has 0 saturated heterocycles. The van der Waals surface area contributed by atoms with E-state index in [1.807, 2.05) is 12.1 Å². The average molecular weight is 440 g/mol. The number of nitrogens with one attached hydrogen (secondary N) is 1. The number of nitrogens with zero attached hydrogens (tertiary/aromatic N) is 1. The van der Waals surface area contributed by atoms with E-state index in [4.69, 9.17) is 39.2 Å². The maximum atomic E-state index is 11.8. The van der Waals surface area contributed by atoms with Gasteiger partial charge in [0.15, 0.2) is 0 Å². The average Bonchev–Trinajstić information content (AvgIpc) is 3.10. The van der Waals surface area contributed by atoms with Crippen molar-refractivity contribution in [3.63, 3.8) is 0 Å². The molecule has 4 nitrogen and oxygen atoms in total. The summed E-state index contributed by atoms with van der Waals surface area (Å²) in [4.78, 5) is 12.8. The first-order valence-corrected chi connectivity index (χ1v) is 9.89. The number of hydrogen-bond acceptors (Lipinski definition) is 4. The second-order valence-corrected chi connectivity index (χ2v) is 7.69. The van der Waals surface area contributed by atoms with Crippen LogP contribution in [0.2, 0.25) is 15.1 Å². The highest BCUT2D eigenvalue weighted by atomic mass is 35.5. The Morgan fingerprint density at radius 2 is 1.78 bits per heavy atom. The molecule has 0 fully saturated rings. The molecule has 27 heavy (non-hydrogen) atoms. The van der Waals surface area contributed by atoms with E-state index >= 15 is 0 Å². The van der Waals surface area contributed by atoms with Gasteiger partial charge in [-0.25, -0.2) is 5.43 Å². The summed E-state index contributed by atoms with van der Waals surface area (Å²) in [6, 6.07) is 15.9. The van der Waals surface area contributed by atoms with E-state index in [0.717, 1.165) is 10.5 Å². The number of hydrazone groups is 1. The number of carbonyl (C=O) groups excluding carboxylic acids is 1. The van der Waals surface area contributed by atoms with Gasteiger partial charge < -0.3 is 4.42 Å². The molecule has 0 spiro atoms. The molecular formula is C19H13Cl3N2O2S. The number of halogens is 3. The lowest BCUT2D eigenvalue weighted by atomic mass is 10.2. The molecular weight excluding hydrogens is 427 g/mol. The minimum absolute atomic E-state index is 0.223. The first-order valence-electron chi connectivity index (χ1n) is 7.77. The van der Waals surface area contributed by atoms with Crippen LogP contribution in [0, 0.1) is 0 Å². The lowest BCUT2D eigenvalue weighted by Gasteiger charge is -2.01. The number of benzene rings is 2. The second-order valence-electron chi connectivity index (χ2n) is 5.36. The van der Waals surface area contributed by atoms with Crippen molar-refractivity contribution in [2.45, 2.75) is 4.90 Å². The fraction of sp³-hybridized carbons (Fsp3) is 0.0526. The van der Waals surface area contributed by atoms with Gasteiger partial charge in [0.25, 0.3) is 0 Å². The van der Waals surface area contributed by atoms with Crippen molar-refractivity contribution in [2.75, 3.05) is 5.75 Å². The molecule has 138 valence electrons. The molecule has 0 radical (unpaired) electrons. The highest BCUT2D eigenvalue weighted by molar-refractivity contribution is 8.00. The van der Waals surface area contributed by atoms with Crippen molar-refractivity contribution in [3.8, 4) is 11.3 Å². The zero-order valence-corrected chi connectivity index (χ0v) is 16.9. The van der Waals surface area contributed by atoms with Gasteiger partial charge in [0.2, 0.25) is 5.91 Å². The molecule has 0 aliphatic carbocycles. The molecule has 1 aromatic heterocycles. The van der Waals surface area contributed by atoms with E-state index in [9.17, 15) is 4.79 Å². The summed E-state index contributed by atoms with van der Waals surface area (Å²) in [5, 5.41) is 5.61. The largest absolute Gasteiger partial charge is 0.455 e. The molecule has 3 aromatic rings. The second kappa shape index (κ2) is 9.33. The Balaban J connectivity index is 1.53. The van der Waals surface area contributed by atoms with Crippen LogP contribution in [-0.2, 0) is 4.79 Å². The Morgan fingerprint density at radius 1 is 1.04 bits per heavy atom. The van der Waals surface area contributed by atoms with E-state index in [1.165, 1.54) is 18.0 Å². The zero-order chi connectivity index (χ0) is 19.2. The first kappa shape index (κ1) is 19.8. The Labute approximate surface area is 175 Å². The SMILES string of the molecule is O=C(CSc1ccc(Cl)cc1)N/N=C\c1ccc(-c2ccc(Cl)cc2Cl)o1. The van der Waals surface area contributed by atoms with Crippen LogP contribution in [0.3, 0.4) is 0 Å². The molecule has 1 N–H and O–H groups in total. The minimum atomic E-state index is -0.223. The van der Waals surface area contributed by atoms with Gasteiger partial charge in [0, 0.05) is 20.5 Å². The molecule has 0 saturated carbocycles. The molecule has 0 unspecified atom stereocenters.